The van der Waals surface area contributed by atoms with Crippen LogP contribution in [0.2, 0.25) is 0 Å². The number of benzene rings is 2. The van der Waals surface area contributed by atoms with Crippen molar-refractivity contribution in [2.75, 3.05) is 31.6 Å². The van der Waals surface area contributed by atoms with Gasteiger partial charge in [0.2, 0.25) is 11.8 Å². The summed E-state index contributed by atoms with van der Waals surface area (Å²) >= 11 is 0. The standard InChI is InChI=1S/C25H29N3O5/c1-3-21(29)26-20-6-4-5-19(15-20)23-22(24(30)27-11-13-32-14-12-27)28(25(31)33-23)16-18-9-7-17(2)8-10-18/h4-10,15,22-23H,3,11-14,16H2,1-2H3,(H,26,29)/t22-,23+/m1/s1. The molecular weight excluding hydrogens is 422 g/mol. The third-order valence-electron chi connectivity index (χ3n) is 5.95. The molecule has 174 valence electrons. The number of morpholine rings is 1. The Balaban J connectivity index is 1.65. The number of anilines is 1. The van der Waals surface area contributed by atoms with E-state index in [0.29, 0.717) is 44.0 Å². The van der Waals surface area contributed by atoms with Gasteiger partial charge in [-0.25, -0.2) is 4.79 Å². The van der Waals surface area contributed by atoms with Crippen molar-refractivity contribution in [2.45, 2.75) is 39.0 Å². The van der Waals surface area contributed by atoms with Gasteiger partial charge in [0.1, 0.15) is 0 Å². The minimum absolute atomic E-state index is 0.113. The summed E-state index contributed by atoms with van der Waals surface area (Å²) in [5, 5.41) is 2.83. The molecule has 3 amide bonds. The first-order valence-electron chi connectivity index (χ1n) is 11.3. The molecule has 33 heavy (non-hydrogen) atoms. The number of hydrogen-bond acceptors (Lipinski definition) is 5. The highest BCUT2D eigenvalue weighted by Gasteiger charge is 2.48. The molecule has 2 heterocycles. The fourth-order valence-electron chi connectivity index (χ4n) is 4.10. The Kier molecular flexibility index (Phi) is 6.93. The van der Waals surface area contributed by atoms with Crippen molar-refractivity contribution >= 4 is 23.6 Å². The Bertz CT molecular complexity index is 1020. The van der Waals surface area contributed by atoms with E-state index in [1.807, 2.05) is 37.3 Å². The molecule has 0 radical (unpaired) electrons. The summed E-state index contributed by atoms with van der Waals surface area (Å²) in [7, 11) is 0. The molecule has 4 rings (SSSR count). The first-order valence-corrected chi connectivity index (χ1v) is 11.3. The summed E-state index contributed by atoms with van der Waals surface area (Å²) in [5.74, 6) is -0.276. The largest absolute Gasteiger partial charge is 0.438 e. The van der Waals surface area contributed by atoms with Gasteiger partial charge in [0.15, 0.2) is 12.1 Å². The normalized spacial score (nSPS) is 20.5. The van der Waals surface area contributed by atoms with E-state index in [9.17, 15) is 14.4 Å². The molecule has 0 saturated carbocycles. The molecule has 1 N–H and O–H groups in total. The second-order valence-electron chi connectivity index (χ2n) is 8.33. The zero-order valence-corrected chi connectivity index (χ0v) is 19.0. The number of nitrogens with one attached hydrogen (secondary N) is 1. The molecule has 2 aromatic rings. The third-order valence-corrected chi connectivity index (χ3v) is 5.95. The highest BCUT2D eigenvalue weighted by Crippen LogP contribution is 2.36. The number of nitrogens with zero attached hydrogens (tertiary/aromatic N) is 2. The molecule has 2 aromatic carbocycles. The van der Waals surface area contributed by atoms with Crippen LogP contribution in [0.25, 0.3) is 0 Å². The number of carbonyl (C=O) groups is 3. The highest BCUT2D eigenvalue weighted by atomic mass is 16.6. The average molecular weight is 452 g/mol. The van der Waals surface area contributed by atoms with E-state index in [2.05, 4.69) is 5.32 Å². The van der Waals surface area contributed by atoms with E-state index < -0.39 is 18.2 Å². The van der Waals surface area contributed by atoms with Crippen molar-refractivity contribution in [1.82, 2.24) is 9.80 Å². The van der Waals surface area contributed by atoms with Gasteiger partial charge in [0, 0.05) is 25.2 Å². The molecule has 8 nitrogen and oxygen atoms in total. The van der Waals surface area contributed by atoms with E-state index in [4.69, 9.17) is 9.47 Å². The zero-order valence-electron chi connectivity index (χ0n) is 19.0. The van der Waals surface area contributed by atoms with Crippen molar-refractivity contribution < 1.29 is 23.9 Å². The van der Waals surface area contributed by atoms with Crippen molar-refractivity contribution in [3.63, 3.8) is 0 Å². The second kappa shape index (κ2) is 10.0. The van der Waals surface area contributed by atoms with Crippen molar-refractivity contribution in [2.24, 2.45) is 0 Å². The number of aryl methyl sites for hydroxylation is 1. The number of cyclic esters (lactones) is 1. The lowest BCUT2D eigenvalue weighted by molar-refractivity contribution is -0.141. The van der Waals surface area contributed by atoms with Crippen LogP contribution in [-0.4, -0.2) is 60.1 Å². The lowest BCUT2D eigenvalue weighted by Gasteiger charge is -2.33. The van der Waals surface area contributed by atoms with Crippen LogP contribution in [0, 0.1) is 6.92 Å². The fraction of sp³-hybridized carbons (Fsp3) is 0.400. The van der Waals surface area contributed by atoms with E-state index >= 15 is 0 Å². The Morgan fingerprint density at radius 1 is 1.09 bits per heavy atom. The van der Waals surface area contributed by atoms with Gasteiger partial charge in [-0.15, -0.1) is 0 Å². The molecule has 0 spiro atoms. The van der Waals surface area contributed by atoms with E-state index in [-0.39, 0.29) is 18.4 Å². The first kappa shape index (κ1) is 22.8. The van der Waals surface area contributed by atoms with Crippen LogP contribution >= 0.6 is 0 Å². The quantitative estimate of drug-likeness (QED) is 0.728. The number of hydrogen-bond donors (Lipinski definition) is 1. The molecule has 0 aliphatic carbocycles. The van der Waals surface area contributed by atoms with Crippen LogP contribution < -0.4 is 5.32 Å². The summed E-state index contributed by atoms with van der Waals surface area (Å²) in [5.41, 5.74) is 3.30. The average Bonchev–Trinajstić information content (AvgIpc) is 3.16. The Hall–Kier alpha value is -3.39. The van der Waals surface area contributed by atoms with Gasteiger partial charge in [-0.05, 0) is 30.2 Å². The lowest BCUT2D eigenvalue weighted by Crippen LogP contribution is -2.51. The molecule has 2 atom stereocenters. The third kappa shape index (κ3) is 5.17. The van der Waals surface area contributed by atoms with Crippen molar-refractivity contribution in [3.05, 3.63) is 65.2 Å². The smallest absolute Gasteiger partial charge is 0.411 e. The minimum Gasteiger partial charge on any atom is -0.438 e. The fourth-order valence-corrected chi connectivity index (χ4v) is 4.10. The van der Waals surface area contributed by atoms with Crippen LogP contribution in [0.3, 0.4) is 0 Å². The van der Waals surface area contributed by atoms with E-state index in [1.54, 1.807) is 30.0 Å². The second-order valence-corrected chi connectivity index (χ2v) is 8.33. The summed E-state index contributed by atoms with van der Waals surface area (Å²) < 4.78 is 11.2. The summed E-state index contributed by atoms with van der Waals surface area (Å²) in [6, 6.07) is 14.2. The molecule has 0 aromatic heterocycles. The van der Waals surface area contributed by atoms with Gasteiger partial charge in [-0.2, -0.15) is 0 Å². The zero-order chi connectivity index (χ0) is 23.4. The maximum Gasteiger partial charge on any atom is 0.411 e. The molecule has 2 aliphatic rings. The predicted molar refractivity (Wildman–Crippen MR) is 122 cm³/mol. The molecule has 2 fully saturated rings. The van der Waals surface area contributed by atoms with Gasteiger partial charge in [-0.1, -0.05) is 48.9 Å². The first-order chi connectivity index (χ1) is 16.0. The molecule has 0 unspecified atom stereocenters. The van der Waals surface area contributed by atoms with Crippen LogP contribution in [0.1, 0.15) is 36.1 Å². The van der Waals surface area contributed by atoms with Gasteiger partial charge in [-0.3, -0.25) is 14.5 Å². The number of ether oxygens (including phenoxy) is 2. The van der Waals surface area contributed by atoms with Crippen LogP contribution in [-0.2, 0) is 25.6 Å². The van der Waals surface area contributed by atoms with Crippen LogP contribution in [0.15, 0.2) is 48.5 Å². The van der Waals surface area contributed by atoms with Crippen molar-refractivity contribution in [1.29, 1.82) is 0 Å². The summed E-state index contributed by atoms with van der Waals surface area (Å²) in [4.78, 5) is 41.7. The van der Waals surface area contributed by atoms with Gasteiger partial charge >= 0.3 is 6.09 Å². The topological polar surface area (TPSA) is 88.2 Å². The molecule has 2 aliphatic heterocycles. The predicted octanol–water partition coefficient (Wildman–Crippen LogP) is 3.26. The van der Waals surface area contributed by atoms with Gasteiger partial charge in [0.05, 0.1) is 19.8 Å². The van der Waals surface area contributed by atoms with Gasteiger partial charge in [0.25, 0.3) is 0 Å². The summed E-state index contributed by atoms with van der Waals surface area (Å²) in [6.45, 7) is 5.92. The maximum atomic E-state index is 13.6. The van der Waals surface area contributed by atoms with Crippen molar-refractivity contribution in [3.8, 4) is 0 Å². The number of amides is 3. The monoisotopic (exact) mass is 451 g/mol. The molecule has 2 saturated heterocycles. The summed E-state index contributed by atoms with van der Waals surface area (Å²) in [6.07, 6.45) is -0.961. The Labute approximate surface area is 193 Å². The van der Waals surface area contributed by atoms with Gasteiger partial charge < -0.3 is 19.7 Å². The number of carbonyl (C=O) groups excluding carboxylic acids is 3. The lowest BCUT2D eigenvalue weighted by atomic mass is 9.99. The van der Waals surface area contributed by atoms with E-state index in [0.717, 1.165) is 11.1 Å². The molecular formula is C25H29N3O5. The molecule has 0 bridgehead atoms. The Morgan fingerprint density at radius 3 is 2.52 bits per heavy atom. The highest BCUT2D eigenvalue weighted by molar-refractivity contribution is 5.91. The molecule has 8 heteroatoms. The number of rotatable bonds is 6. The Morgan fingerprint density at radius 2 is 1.82 bits per heavy atom. The van der Waals surface area contributed by atoms with Crippen LogP contribution in [0.5, 0.6) is 0 Å². The SMILES string of the molecule is CCC(=O)Nc1cccc([C@@H]2OC(=O)N(Cc3ccc(C)cc3)[C@H]2C(=O)N2CCOCC2)c1. The minimum atomic E-state index is -0.811. The maximum absolute atomic E-state index is 13.6. The van der Waals surface area contributed by atoms with E-state index in [1.165, 1.54) is 4.90 Å². The van der Waals surface area contributed by atoms with Crippen LogP contribution in [0.4, 0.5) is 10.5 Å².